The Kier molecular flexibility index (Phi) is 5.87. The molecule has 0 atom stereocenters. The lowest BCUT2D eigenvalue weighted by molar-refractivity contribution is 0.271. The van der Waals surface area contributed by atoms with Crippen LogP contribution in [-0.4, -0.2) is 18.6 Å². The first-order chi connectivity index (χ1) is 14.7. The summed E-state index contributed by atoms with van der Waals surface area (Å²) in [6.07, 6.45) is 1.80. The molecule has 1 saturated carbocycles. The highest BCUT2D eigenvalue weighted by Gasteiger charge is 2.50. The summed E-state index contributed by atoms with van der Waals surface area (Å²) in [7, 11) is -4.04. The van der Waals surface area contributed by atoms with E-state index < -0.39 is 26.2 Å². The molecular weight excluding hydrogens is 446 g/mol. The third-order valence-corrected chi connectivity index (χ3v) is 8.80. The van der Waals surface area contributed by atoms with E-state index in [1.165, 1.54) is 24.3 Å². The Labute approximate surface area is 184 Å². The molecule has 0 N–H and O–H groups in total. The van der Waals surface area contributed by atoms with Crippen LogP contribution in [0.3, 0.4) is 0 Å². The molecule has 1 heterocycles. The van der Waals surface area contributed by atoms with Crippen molar-refractivity contribution in [1.82, 2.24) is 10.2 Å². The molecule has 164 valence electrons. The smallest absolute Gasteiger partial charge is 0.216 e. The Balaban J connectivity index is 1.73. The molecule has 31 heavy (non-hydrogen) atoms. The van der Waals surface area contributed by atoms with Gasteiger partial charge in [0.1, 0.15) is 16.4 Å². The molecule has 3 aromatic rings. The fourth-order valence-corrected chi connectivity index (χ4v) is 6.67. The van der Waals surface area contributed by atoms with Gasteiger partial charge in [0.2, 0.25) is 11.8 Å². The molecule has 9 heteroatoms. The van der Waals surface area contributed by atoms with Gasteiger partial charge in [-0.15, -0.1) is 10.2 Å². The van der Waals surface area contributed by atoms with Gasteiger partial charge in [-0.2, -0.15) is 0 Å². The molecule has 0 saturated heterocycles. The summed E-state index contributed by atoms with van der Waals surface area (Å²) in [5.41, 5.74) is -0.130. The van der Waals surface area contributed by atoms with Gasteiger partial charge in [0.05, 0.1) is 4.90 Å². The van der Waals surface area contributed by atoms with Crippen LogP contribution in [-0.2, 0) is 21.0 Å². The molecule has 0 spiro atoms. The highest BCUT2D eigenvalue weighted by molar-refractivity contribution is 7.92. The van der Waals surface area contributed by atoms with Crippen molar-refractivity contribution in [2.75, 3.05) is 0 Å². The molecule has 1 fully saturated rings. The standard InChI is InChI=1S/C22H21ClF2N2O3S/c1-14-26-27-21(30-14)12-15-8-10-22(11-9-15,19-13-17(24)4-7-20(19)25)31(28,29)18-5-2-16(23)3-6-18/h2-7,13,15H,8-12H2,1H3/t15-,22+. The van der Waals surface area contributed by atoms with Gasteiger partial charge in [0, 0.05) is 23.9 Å². The van der Waals surface area contributed by atoms with Gasteiger partial charge in [-0.1, -0.05) is 11.6 Å². The van der Waals surface area contributed by atoms with Crippen LogP contribution < -0.4 is 0 Å². The maximum absolute atomic E-state index is 14.9. The number of hydrogen-bond donors (Lipinski definition) is 0. The first-order valence-corrected chi connectivity index (χ1v) is 11.8. The van der Waals surface area contributed by atoms with E-state index in [9.17, 15) is 17.2 Å². The van der Waals surface area contributed by atoms with Crippen molar-refractivity contribution in [3.05, 3.63) is 76.5 Å². The lowest BCUT2D eigenvalue weighted by Crippen LogP contribution is -2.41. The zero-order valence-corrected chi connectivity index (χ0v) is 18.4. The molecule has 1 aliphatic rings. The second-order valence-electron chi connectivity index (χ2n) is 7.94. The maximum atomic E-state index is 14.9. The summed E-state index contributed by atoms with van der Waals surface area (Å²) >= 11 is 5.92. The number of halogens is 3. The minimum atomic E-state index is -4.04. The molecule has 1 aromatic heterocycles. The second-order valence-corrected chi connectivity index (χ2v) is 10.6. The van der Waals surface area contributed by atoms with Crippen LogP contribution >= 0.6 is 11.6 Å². The molecular formula is C22H21ClF2N2O3S. The van der Waals surface area contributed by atoms with E-state index in [1.807, 2.05) is 0 Å². The van der Waals surface area contributed by atoms with E-state index in [4.69, 9.17) is 16.0 Å². The lowest BCUT2D eigenvalue weighted by Gasteiger charge is -2.40. The molecule has 2 aromatic carbocycles. The maximum Gasteiger partial charge on any atom is 0.216 e. The van der Waals surface area contributed by atoms with Crippen LogP contribution in [0.5, 0.6) is 0 Å². The number of aryl methyl sites for hydroxylation is 1. The average molecular weight is 467 g/mol. The summed E-state index contributed by atoms with van der Waals surface area (Å²) < 4.78 is 60.4. The van der Waals surface area contributed by atoms with E-state index in [1.54, 1.807) is 6.92 Å². The molecule has 0 unspecified atom stereocenters. The van der Waals surface area contributed by atoms with Gasteiger partial charge in [-0.05, 0) is 74.1 Å². The molecule has 0 bridgehead atoms. The summed E-state index contributed by atoms with van der Waals surface area (Å²) in [4.78, 5) is 0.0338. The third kappa shape index (κ3) is 4.11. The van der Waals surface area contributed by atoms with Crippen LogP contribution in [0, 0.1) is 24.5 Å². The Hall–Kier alpha value is -2.32. The summed E-state index contributed by atoms with van der Waals surface area (Å²) in [6.45, 7) is 1.70. The van der Waals surface area contributed by atoms with E-state index in [0.29, 0.717) is 36.1 Å². The number of sulfone groups is 1. The van der Waals surface area contributed by atoms with Gasteiger partial charge in [-0.25, -0.2) is 17.2 Å². The Morgan fingerprint density at radius 1 is 1.10 bits per heavy atom. The van der Waals surface area contributed by atoms with E-state index in [-0.39, 0.29) is 29.2 Å². The Morgan fingerprint density at radius 2 is 1.77 bits per heavy atom. The van der Waals surface area contributed by atoms with Gasteiger partial charge in [0.25, 0.3) is 0 Å². The molecule has 0 radical (unpaired) electrons. The van der Waals surface area contributed by atoms with Crippen molar-refractivity contribution in [2.24, 2.45) is 5.92 Å². The predicted molar refractivity (Wildman–Crippen MR) is 111 cm³/mol. The third-order valence-electron chi connectivity index (χ3n) is 6.00. The topological polar surface area (TPSA) is 73.1 Å². The Bertz CT molecular complexity index is 1190. The molecule has 4 rings (SSSR count). The quantitative estimate of drug-likeness (QED) is 0.502. The summed E-state index contributed by atoms with van der Waals surface area (Å²) in [5, 5.41) is 8.22. The number of hydrogen-bond acceptors (Lipinski definition) is 5. The van der Waals surface area contributed by atoms with Gasteiger partial charge in [-0.3, -0.25) is 0 Å². The van der Waals surface area contributed by atoms with E-state index in [2.05, 4.69) is 10.2 Å². The van der Waals surface area contributed by atoms with Crippen molar-refractivity contribution in [2.45, 2.75) is 48.7 Å². The number of nitrogens with zero attached hydrogens (tertiary/aromatic N) is 2. The van der Waals surface area contributed by atoms with Gasteiger partial charge >= 0.3 is 0 Å². The molecule has 5 nitrogen and oxygen atoms in total. The largest absolute Gasteiger partial charge is 0.426 e. The Morgan fingerprint density at radius 3 is 2.39 bits per heavy atom. The minimum absolute atomic E-state index is 0.0338. The van der Waals surface area contributed by atoms with Crippen molar-refractivity contribution in [3.63, 3.8) is 0 Å². The molecule has 1 aliphatic carbocycles. The lowest BCUT2D eigenvalue weighted by atomic mass is 9.76. The zero-order valence-electron chi connectivity index (χ0n) is 16.8. The van der Waals surface area contributed by atoms with Gasteiger partial charge < -0.3 is 4.42 Å². The highest BCUT2D eigenvalue weighted by Crippen LogP contribution is 2.49. The summed E-state index contributed by atoms with van der Waals surface area (Å²) in [5.74, 6) is -0.347. The predicted octanol–water partition coefficient (Wildman–Crippen LogP) is 5.41. The molecule has 0 aliphatic heterocycles. The second kappa shape index (κ2) is 8.31. The fourth-order valence-electron chi connectivity index (χ4n) is 4.38. The van der Waals surface area contributed by atoms with E-state index in [0.717, 1.165) is 18.2 Å². The van der Waals surface area contributed by atoms with Crippen molar-refractivity contribution in [1.29, 1.82) is 0 Å². The van der Waals surface area contributed by atoms with Crippen LogP contribution in [0.1, 0.15) is 43.0 Å². The van der Waals surface area contributed by atoms with Crippen LogP contribution in [0.25, 0.3) is 0 Å². The van der Waals surface area contributed by atoms with Crippen LogP contribution in [0.2, 0.25) is 5.02 Å². The number of aromatic nitrogens is 2. The zero-order chi connectivity index (χ0) is 22.2. The first-order valence-electron chi connectivity index (χ1n) is 9.96. The van der Waals surface area contributed by atoms with Gasteiger partial charge in [0.15, 0.2) is 9.84 Å². The van der Waals surface area contributed by atoms with Crippen molar-refractivity contribution in [3.8, 4) is 0 Å². The van der Waals surface area contributed by atoms with Crippen molar-refractivity contribution < 1.29 is 21.6 Å². The van der Waals surface area contributed by atoms with Crippen molar-refractivity contribution >= 4 is 21.4 Å². The average Bonchev–Trinajstić information content (AvgIpc) is 3.15. The normalized spacial score (nSPS) is 21.9. The SMILES string of the molecule is Cc1nnc(C[C@H]2CC[C@@](c3cc(F)ccc3F)(S(=O)(=O)c3ccc(Cl)cc3)CC2)o1. The monoisotopic (exact) mass is 466 g/mol. The molecule has 0 amide bonds. The van der Waals surface area contributed by atoms with Crippen LogP contribution in [0.15, 0.2) is 51.8 Å². The fraction of sp³-hybridized carbons (Fsp3) is 0.364. The minimum Gasteiger partial charge on any atom is -0.426 e. The summed E-state index contributed by atoms with van der Waals surface area (Å²) in [6, 6.07) is 8.75. The van der Waals surface area contributed by atoms with Crippen LogP contribution in [0.4, 0.5) is 8.78 Å². The highest BCUT2D eigenvalue weighted by atomic mass is 35.5. The number of rotatable bonds is 5. The first kappa shape index (κ1) is 21.9. The van der Waals surface area contributed by atoms with E-state index >= 15 is 0 Å². The number of benzene rings is 2.